The Labute approximate surface area is 169 Å². The Morgan fingerprint density at radius 3 is 2.52 bits per heavy atom. The summed E-state index contributed by atoms with van der Waals surface area (Å²) < 4.78 is 0. The minimum absolute atomic E-state index is 0.646. The fourth-order valence-electron chi connectivity index (χ4n) is 9.79. The van der Waals surface area contributed by atoms with Crippen LogP contribution >= 0.6 is 0 Å². The predicted octanol–water partition coefficient (Wildman–Crippen LogP) is 7.88. The second-order valence-electron chi connectivity index (χ2n) is 12.5. The van der Waals surface area contributed by atoms with Gasteiger partial charge < -0.3 is 0 Å². The van der Waals surface area contributed by atoms with Gasteiger partial charge in [-0.25, -0.2) is 0 Å². The lowest BCUT2D eigenvalue weighted by Gasteiger charge is -2.53. The lowest BCUT2D eigenvalue weighted by molar-refractivity contribution is -0.0390. The molecule has 9 atom stereocenters. The van der Waals surface area contributed by atoms with E-state index in [0.717, 1.165) is 41.4 Å². The smallest absolute Gasteiger partial charge is 0.00272 e. The molecule has 4 fully saturated rings. The maximum absolute atomic E-state index is 2.75. The van der Waals surface area contributed by atoms with Crippen LogP contribution in [0.3, 0.4) is 0 Å². The highest BCUT2D eigenvalue weighted by molar-refractivity contribution is 5.33. The first-order valence-corrected chi connectivity index (χ1v) is 12.5. The third kappa shape index (κ3) is 2.40. The van der Waals surface area contributed by atoms with Crippen molar-refractivity contribution in [3.63, 3.8) is 0 Å². The van der Waals surface area contributed by atoms with Crippen LogP contribution in [0.25, 0.3) is 0 Å². The Kier molecular flexibility index (Phi) is 4.25. The molecule has 0 aliphatic heterocycles. The summed E-state index contributed by atoms with van der Waals surface area (Å²) in [7, 11) is 0. The quantitative estimate of drug-likeness (QED) is 0.433. The van der Waals surface area contributed by atoms with Gasteiger partial charge in [0.1, 0.15) is 0 Å². The van der Waals surface area contributed by atoms with Gasteiger partial charge in [-0.2, -0.15) is 0 Å². The highest BCUT2D eigenvalue weighted by Crippen LogP contribution is 2.84. The van der Waals surface area contributed by atoms with Crippen molar-refractivity contribution in [1.82, 2.24) is 0 Å². The van der Waals surface area contributed by atoms with Crippen LogP contribution < -0.4 is 0 Å². The summed E-state index contributed by atoms with van der Waals surface area (Å²) in [4.78, 5) is 0. The van der Waals surface area contributed by atoms with E-state index in [1.54, 1.807) is 32.1 Å². The third-order valence-corrected chi connectivity index (χ3v) is 11.2. The van der Waals surface area contributed by atoms with Gasteiger partial charge in [0.25, 0.3) is 0 Å². The molecule has 0 bridgehead atoms. The summed E-state index contributed by atoms with van der Waals surface area (Å²) in [5.41, 5.74) is 1.96. The highest BCUT2D eigenvalue weighted by Gasteiger charge is 2.77. The second kappa shape index (κ2) is 6.12. The van der Waals surface area contributed by atoms with Crippen LogP contribution in [0.4, 0.5) is 0 Å². The van der Waals surface area contributed by atoms with Gasteiger partial charge in [-0.1, -0.05) is 66.0 Å². The van der Waals surface area contributed by atoms with Crippen LogP contribution in [0, 0.1) is 57.7 Å². The van der Waals surface area contributed by atoms with E-state index in [2.05, 4.69) is 46.8 Å². The molecule has 0 saturated heterocycles. The molecule has 152 valence electrons. The van der Waals surface area contributed by atoms with E-state index in [4.69, 9.17) is 0 Å². The summed E-state index contributed by atoms with van der Waals surface area (Å²) in [6.07, 6.45) is 20.2. The van der Waals surface area contributed by atoms with Gasteiger partial charge in [-0.05, 0) is 103 Å². The van der Waals surface area contributed by atoms with E-state index in [0.29, 0.717) is 16.2 Å². The van der Waals surface area contributed by atoms with E-state index in [1.807, 2.05) is 0 Å². The van der Waals surface area contributed by atoms with Crippen molar-refractivity contribution in [3.05, 3.63) is 12.2 Å². The summed E-state index contributed by atoms with van der Waals surface area (Å²) in [5.74, 6) is 7.07. The maximum Gasteiger partial charge on any atom is -0.00272 e. The lowest BCUT2D eigenvalue weighted by Crippen LogP contribution is -2.46. The second-order valence-corrected chi connectivity index (χ2v) is 12.5. The van der Waals surface area contributed by atoms with Crippen molar-refractivity contribution in [2.75, 3.05) is 0 Å². The van der Waals surface area contributed by atoms with Gasteiger partial charge in [0.05, 0.1) is 0 Å². The monoisotopic (exact) mass is 368 g/mol. The predicted molar refractivity (Wildman–Crippen MR) is 115 cm³/mol. The molecule has 0 aromatic carbocycles. The molecule has 0 N–H and O–H groups in total. The molecule has 0 nitrogen and oxygen atoms in total. The number of allylic oxidation sites excluding steroid dienone is 2. The van der Waals surface area contributed by atoms with Gasteiger partial charge in [-0.3, -0.25) is 0 Å². The summed E-state index contributed by atoms with van der Waals surface area (Å²) in [6.45, 7) is 12.9. The zero-order valence-electron chi connectivity index (χ0n) is 18.8. The minimum atomic E-state index is 0.646. The van der Waals surface area contributed by atoms with Gasteiger partial charge in [0.2, 0.25) is 0 Å². The topological polar surface area (TPSA) is 0 Å². The molecule has 9 unspecified atom stereocenters. The van der Waals surface area contributed by atoms with Gasteiger partial charge in [0, 0.05) is 0 Å². The first kappa shape index (κ1) is 18.7. The van der Waals surface area contributed by atoms with Gasteiger partial charge in [-0.15, -0.1) is 0 Å². The fraction of sp³-hybridized carbons (Fsp3) is 0.926. The molecular formula is C27H44. The lowest BCUT2D eigenvalue weighted by atomic mass is 9.52. The average Bonchev–Trinajstić information content (AvgIpc) is 3.15. The number of fused-ring (bicyclic) bond motifs is 5. The number of rotatable bonds is 5. The van der Waals surface area contributed by atoms with E-state index >= 15 is 0 Å². The zero-order chi connectivity index (χ0) is 19.0. The summed E-state index contributed by atoms with van der Waals surface area (Å²) in [6, 6.07) is 0. The Morgan fingerprint density at radius 1 is 0.926 bits per heavy atom. The molecular weight excluding hydrogens is 324 g/mol. The van der Waals surface area contributed by atoms with Crippen molar-refractivity contribution in [2.24, 2.45) is 57.7 Å². The van der Waals surface area contributed by atoms with Crippen LogP contribution in [0.2, 0.25) is 0 Å². The van der Waals surface area contributed by atoms with Crippen LogP contribution in [0.5, 0.6) is 0 Å². The van der Waals surface area contributed by atoms with E-state index in [-0.39, 0.29) is 0 Å². The molecule has 5 rings (SSSR count). The van der Waals surface area contributed by atoms with Crippen LogP contribution in [-0.2, 0) is 0 Å². The molecule has 0 radical (unpaired) electrons. The Balaban J connectivity index is 1.35. The summed E-state index contributed by atoms with van der Waals surface area (Å²) in [5, 5.41) is 0. The van der Waals surface area contributed by atoms with Crippen LogP contribution in [0.15, 0.2) is 12.2 Å². The third-order valence-electron chi connectivity index (χ3n) is 11.2. The van der Waals surface area contributed by atoms with Crippen molar-refractivity contribution < 1.29 is 0 Å². The number of hydrogen-bond donors (Lipinski definition) is 0. The molecule has 1 spiro atoms. The zero-order valence-corrected chi connectivity index (χ0v) is 18.8. The van der Waals surface area contributed by atoms with E-state index in [9.17, 15) is 0 Å². The molecule has 0 heterocycles. The SMILES string of the molecule is CC(C)CCCC(C)C1CCC2C3C(CCC12C)C1(C)CCC=CC12CC32. The van der Waals surface area contributed by atoms with Crippen molar-refractivity contribution in [1.29, 1.82) is 0 Å². The van der Waals surface area contributed by atoms with E-state index < -0.39 is 0 Å². The van der Waals surface area contributed by atoms with Crippen molar-refractivity contribution in [3.8, 4) is 0 Å². The molecule has 0 aromatic heterocycles. The standard InChI is InChI=1S/C27H44/c1-18(2)9-8-10-19(3)20-11-12-21-24-22(13-16-25(20,21)4)26(5)14-6-7-15-27(26)17-23(24)27/h7,15,18-24H,6,8-14,16-17H2,1-5H3. The molecule has 5 aliphatic carbocycles. The van der Waals surface area contributed by atoms with Crippen LogP contribution in [0.1, 0.15) is 98.8 Å². The van der Waals surface area contributed by atoms with Crippen molar-refractivity contribution >= 4 is 0 Å². The van der Waals surface area contributed by atoms with Gasteiger partial charge >= 0.3 is 0 Å². The largest absolute Gasteiger partial charge is 0.0879 e. The molecule has 27 heavy (non-hydrogen) atoms. The Hall–Kier alpha value is -0.260. The normalized spacial score (nSPS) is 53.6. The first-order valence-electron chi connectivity index (χ1n) is 12.5. The molecule has 5 aliphatic rings. The summed E-state index contributed by atoms with van der Waals surface area (Å²) >= 11 is 0. The van der Waals surface area contributed by atoms with E-state index in [1.165, 1.54) is 32.1 Å². The molecule has 0 amide bonds. The molecule has 0 aromatic rings. The number of hydrogen-bond acceptors (Lipinski definition) is 0. The molecule has 0 heteroatoms. The van der Waals surface area contributed by atoms with Crippen LogP contribution in [-0.4, -0.2) is 0 Å². The Morgan fingerprint density at radius 2 is 1.74 bits per heavy atom. The maximum atomic E-state index is 2.75. The van der Waals surface area contributed by atoms with Gasteiger partial charge in [0.15, 0.2) is 0 Å². The Bertz CT molecular complexity index is 616. The first-order chi connectivity index (χ1) is 12.8. The molecule has 4 saturated carbocycles. The van der Waals surface area contributed by atoms with Crippen molar-refractivity contribution in [2.45, 2.75) is 98.8 Å². The highest BCUT2D eigenvalue weighted by atomic mass is 14.8. The fourth-order valence-corrected chi connectivity index (χ4v) is 9.79. The average molecular weight is 369 g/mol. The minimum Gasteiger partial charge on any atom is -0.0879 e.